The van der Waals surface area contributed by atoms with E-state index in [4.69, 9.17) is 0 Å². The summed E-state index contributed by atoms with van der Waals surface area (Å²) in [6.07, 6.45) is 0. The van der Waals surface area contributed by atoms with Gasteiger partial charge >= 0.3 is 0 Å². The first-order valence-electron chi connectivity index (χ1n) is 6.44. The molecule has 0 spiro atoms. The molecule has 1 aliphatic rings. The number of hydrogen-bond acceptors (Lipinski definition) is 4. The SMILES string of the molecule is CCNC(=O)C(C)NCC1CN(C)CCN1C. The maximum Gasteiger partial charge on any atom is 0.236 e. The summed E-state index contributed by atoms with van der Waals surface area (Å²) in [5, 5.41) is 6.14. The van der Waals surface area contributed by atoms with Crippen LogP contribution in [0.25, 0.3) is 0 Å². The number of nitrogens with one attached hydrogen (secondary N) is 2. The van der Waals surface area contributed by atoms with Crippen molar-refractivity contribution in [2.24, 2.45) is 0 Å². The Bertz CT molecular complexity index is 247. The van der Waals surface area contributed by atoms with Crippen LogP contribution in [0, 0.1) is 0 Å². The third-order valence-corrected chi connectivity index (χ3v) is 3.38. The van der Waals surface area contributed by atoms with Crippen molar-refractivity contribution in [3.63, 3.8) is 0 Å². The van der Waals surface area contributed by atoms with Crippen molar-refractivity contribution >= 4 is 5.91 Å². The van der Waals surface area contributed by atoms with Crippen LogP contribution in [0.3, 0.4) is 0 Å². The summed E-state index contributed by atoms with van der Waals surface area (Å²) in [5.41, 5.74) is 0. The molecule has 1 saturated heterocycles. The smallest absolute Gasteiger partial charge is 0.236 e. The quantitative estimate of drug-likeness (QED) is 0.672. The molecular weight excluding hydrogens is 216 g/mol. The summed E-state index contributed by atoms with van der Waals surface area (Å²) in [4.78, 5) is 16.3. The van der Waals surface area contributed by atoms with E-state index < -0.39 is 0 Å². The second-order valence-corrected chi connectivity index (χ2v) is 4.92. The van der Waals surface area contributed by atoms with Gasteiger partial charge in [0.25, 0.3) is 0 Å². The number of piperazine rings is 1. The maximum absolute atomic E-state index is 11.6. The van der Waals surface area contributed by atoms with Gasteiger partial charge in [0.05, 0.1) is 6.04 Å². The predicted molar refractivity (Wildman–Crippen MR) is 70.1 cm³/mol. The Balaban J connectivity index is 2.31. The minimum Gasteiger partial charge on any atom is -0.355 e. The van der Waals surface area contributed by atoms with E-state index in [2.05, 4.69) is 34.5 Å². The number of nitrogens with zero attached hydrogens (tertiary/aromatic N) is 2. The number of likely N-dealkylation sites (N-methyl/N-ethyl adjacent to an activating group) is 3. The van der Waals surface area contributed by atoms with Gasteiger partial charge in [-0.3, -0.25) is 9.69 Å². The van der Waals surface area contributed by atoms with Crippen LogP contribution < -0.4 is 10.6 Å². The Hall–Kier alpha value is -0.650. The zero-order valence-electron chi connectivity index (χ0n) is 11.5. The minimum atomic E-state index is -0.115. The van der Waals surface area contributed by atoms with Gasteiger partial charge < -0.3 is 15.5 Å². The van der Waals surface area contributed by atoms with Crippen LogP contribution in [0.15, 0.2) is 0 Å². The summed E-state index contributed by atoms with van der Waals surface area (Å²) >= 11 is 0. The second-order valence-electron chi connectivity index (χ2n) is 4.92. The number of amides is 1. The van der Waals surface area contributed by atoms with E-state index in [1.165, 1.54) is 0 Å². The Labute approximate surface area is 105 Å². The molecule has 0 aromatic rings. The van der Waals surface area contributed by atoms with Crippen molar-refractivity contribution in [1.29, 1.82) is 0 Å². The van der Waals surface area contributed by atoms with Gasteiger partial charge in [0.15, 0.2) is 0 Å². The lowest BCUT2D eigenvalue weighted by Gasteiger charge is -2.38. The number of carbonyl (C=O) groups is 1. The summed E-state index contributed by atoms with van der Waals surface area (Å²) in [6.45, 7) is 8.69. The molecule has 100 valence electrons. The molecule has 5 heteroatoms. The van der Waals surface area contributed by atoms with Gasteiger partial charge in [-0.25, -0.2) is 0 Å². The molecule has 2 unspecified atom stereocenters. The van der Waals surface area contributed by atoms with Gasteiger partial charge in [-0.1, -0.05) is 0 Å². The highest BCUT2D eigenvalue weighted by Crippen LogP contribution is 2.04. The van der Waals surface area contributed by atoms with Crippen LogP contribution in [0.5, 0.6) is 0 Å². The molecule has 0 radical (unpaired) electrons. The first-order valence-corrected chi connectivity index (χ1v) is 6.44. The third kappa shape index (κ3) is 4.61. The van der Waals surface area contributed by atoms with Gasteiger partial charge in [0.1, 0.15) is 0 Å². The van der Waals surface area contributed by atoms with Crippen molar-refractivity contribution in [3.05, 3.63) is 0 Å². The Morgan fingerprint density at radius 1 is 1.41 bits per heavy atom. The molecule has 0 aromatic heterocycles. The monoisotopic (exact) mass is 242 g/mol. The fraction of sp³-hybridized carbons (Fsp3) is 0.917. The van der Waals surface area contributed by atoms with E-state index in [0.717, 1.165) is 26.2 Å². The van der Waals surface area contributed by atoms with Crippen LogP contribution in [-0.2, 0) is 4.79 Å². The molecule has 5 nitrogen and oxygen atoms in total. The van der Waals surface area contributed by atoms with Crippen LogP contribution in [0.1, 0.15) is 13.8 Å². The van der Waals surface area contributed by atoms with Gasteiger partial charge in [-0.2, -0.15) is 0 Å². The van der Waals surface area contributed by atoms with Crippen molar-refractivity contribution in [3.8, 4) is 0 Å². The van der Waals surface area contributed by atoms with E-state index in [-0.39, 0.29) is 11.9 Å². The molecule has 1 heterocycles. The van der Waals surface area contributed by atoms with E-state index in [0.29, 0.717) is 12.6 Å². The highest BCUT2D eigenvalue weighted by Gasteiger charge is 2.23. The highest BCUT2D eigenvalue weighted by atomic mass is 16.2. The number of rotatable bonds is 5. The molecular formula is C12H26N4O. The van der Waals surface area contributed by atoms with E-state index >= 15 is 0 Å². The molecule has 0 bridgehead atoms. The molecule has 2 N–H and O–H groups in total. The van der Waals surface area contributed by atoms with Crippen molar-refractivity contribution in [1.82, 2.24) is 20.4 Å². The Morgan fingerprint density at radius 2 is 2.12 bits per heavy atom. The first-order chi connectivity index (χ1) is 8.04. The molecule has 1 amide bonds. The normalized spacial score (nSPS) is 24.6. The van der Waals surface area contributed by atoms with Crippen LogP contribution in [0.4, 0.5) is 0 Å². The number of carbonyl (C=O) groups excluding carboxylic acids is 1. The zero-order valence-corrected chi connectivity index (χ0v) is 11.5. The van der Waals surface area contributed by atoms with Crippen LogP contribution >= 0.6 is 0 Å². The second kappa shape index (κ2) is 6.93. The average molecular weight is 242 g/mol. The fourth-order valence-corrected chi connectivity index (χ4v) is 2.05. The zero-order chi connectivity index (χ0) is 12.8. The van der Waals surface area contributed by atoms with Crippen LogP contribution in [-0.4, -0.2) is 74.6 Å². The standard InChI is InChI=1S/C12H26N4O/c1-5-13-12(17)10(2)14-8-11-9-15(3)6-7-16(11)4/h10-11,14H,5-9H2,1-4H3,(H,13,17). The Kier molecular flexibility index (Phi) is 5.88. The van der Waals surface area contributed by atoms with E-state index in [1.807, 2.05) is 13.8 Å². The van der Waals surface area contributed by atoms with Gasteiger partial charge in [-0.05, 0) is 27.9 Å². The van der Waals surface area contributed by atoms with E-state index in [1.54, 1.807) is 0 Å². The molecule has 2 atom stereocenters. The fourth-order valence-electron chi connectivity index (χ4n) is 2.05. The van der Waals surface area contributed by atoms with Crippen LogP contribution in [0.2, 0.25) is 0 Å². The lowest BCUT2D eigenvalue weighted by molar-refractivity contribution is -0.122. The maximum atomic E-state index is 11.6. The molecule has 1 aliphatic heterocycles. The lowest BCUT2D eigenvalue weighted by Crippen LogP contribution is -2.55. The average Bonchev–Trinajstić information content (AvgIpc) is 2.30. The lowest BCUT2D eigenvalue weighted by atomic mass is 10.1. The highest BCUT2D eigenvalue weighted by molar-refractivity contribution is 5.81. The molecule has 1 fully saturated rings. The van der Waals surface area contributed by atoms with Gasteiger partial charge in [0, 0.05) is 38.8 Å². The summed E-state index contributed by atoms with van der Waals surface area (Å²) in [5.74, 6) is 0.0827. The van der Waals surface area contributed by atoms with Gasteiger partial charge in [-0.15, -0.1) is 0 Å². The summed E-state index contributed by atoms with van der Waals surface area (Å²) in [7, 11) is 4.29. The molecule has 17 heavy (non-hydrogen) atoms. The van der Waals surface area contributed by atoms with Crippen molar-refractivity contribution in [2.75, 3.05) is 46.8 Å². The van der Waals surface area contributed by atoms with Crippen molar-refractivity contribution < 1.29 is 4.79 Å². The third-order valence-electron chi connectivity index (χ3n) is 3.38. The summed E-state index contributed by atoms with van der Waals surface area (Å²) in [6, 6.07) is 0.376. The molecule has 0 aromatic carbocycles. The topological polar surface area (TPSA) is 47.6 Å². The first kappa shape index (κ1) is 14.4. The largest absolute Gasteiger partial charge is 0.355 e. The summed E-state index contributed by atoms with van der Waals surface area (Å²) < 4.78 is 0. The molecule has 0 aliphatic carbocycles. The predicted octanol–water partition coefficient (Wildman–Crippen LogP) is -0.654. The Morgan fingerprint density at radius 3 is 2.76 bits per heavy atom. The van der Waals surface area contributed by atoms with Gasteiger partial charge in [0.2, 0.25) is 5.91 Å². The molecule has 1 rings (SSSR count). The molecule has 0 saturated carbocycles. The van der Waals surface area contributed by atoms with E-state index in [9.17, 15) is 4.79 Å². The minimum absolute atomic E-state index is 0.0827. The number of hydrogen-bond donors (Lipinski definition) is 2. The van der Waals surface area contributed by atoms with Crippen molar-refractivity contribution in [2.45, 2.75) is 25.9 Å².